The van der Waals surface area contributed by atoms with Crippen molar-refractivity contribution in [3.63, 3.8) is 0 Å². The molecule has 0 saturated carbocycles. The molecule has 1 amide bonds. The molecule has 2 aromatic carbocycles. The van der Waals surface area contributed by atoms with E-state index in [0.29, 0.717) is 26.1 Å². The van der Waals surface area contributed by atoms with Crippen LogP contribution in [0.15, 0.2) is 60.8 Å². The van der Waals surface area contributed by atoms with Crippen molar-refractivity contribution < 1.29 is 9.18 Å². The molecule has 4 nitrogen and oxygen atoms in total. The fourth-order valence-corrected chi connectivity index (χ4v) is 3.21. The molecule has 5 heteroatoms. The summed E-state index contributed by atoms with van der Waals surface area (Å²) in [7, 11) is 0. The molecule has 0 N–H and O–H groups in total. The number of halogens is 1. The molecule has 0 radical (unpaired) electrons. The summed E-state index contributed by atoms with van der Waals surface area (Å²) in [6, 6.07) is 16.2. The molecule has 25 heavy (non-hydrogen) atoms. The molecule has 1 aromatic heterocycles. The van der Waals surface area contributed by atoms with Crippen LogP contribution in [0.3, 0.4) is 0 Å². The van der Waals surface area contributed by atoms with E-state index in [4.69, 9.17) is 0 Å². The van der Waals surface area contributed by atoms with Gasteiger partial charge in [0.25, 0.3) is 0 Å². The van der Waals surface area contributed by atoms with Gasteiger partial charge in [-0.2, -0.15) is 5.10 Å². The second kappa shape index (κ2) is 6.51. The van der Waals surface area contributed by atoms with Crippen molar-refractivity contribution in [1.82, 2.24) is 14.7 Å². The van der Waals surface area contributed by atoms with E-state index in [2.05, 4.69) is 5.10 Å². The molecule has 0 bridgehead atoms. The molecule has 2 heterocycles. The van der Waals surface area contributed by atoms with E-state index >= 15 is 0 Å². The highest BCUT2D eigenvalue weighted by Gasteiger charge is 2.24. The third kappa shape index (κ3) is 3.18. The molecule has 3 aromatic rings. The molecule has 1 aliphatic heterocycles. The van der Waals surface area contributed by atoms with Gasteiger partial charge in [0.05, 0.1) is 31.4 Å². The number of carbonyl (C=O) groups is 1. The number of rotatable bonds is 3. The van der Waals surface area contributed by atoms with Gasteiger partial charge in [-0.05, 0) is 23.3 Å². The van der Waals surface area contributed by atoms with Gasteiger partial charge < -0.3 is 4.90 Å². The Morgan fingerprint density at radius 2 is 1.80 bits per heavy atom. The van der Waals surface area contributed by atoms with Crippen LogP contribution >= 0.6 is 0 Å². The van der Waals surface area contributed by atoms with Crippen molar-refractivity contribution in [1.29, 1.82) is 0 Å². The first-order valence-electron chi connectivity index (χ1n) is 8.33. The molecule has 126 valence electrons. The van der Waals surface area contributed by atoms with Crippen molar-refractivity contribution in [3.05, 3.63) is 77.9 Å². The van der Waals surface area contributed by atoms with Crippen LogP contribution in [0.5, 0.6) is 0 Å². The van der Waals surface area contributed by atoms with Crippen LogP contribution in [0.2, 0.25) is 0 Å². The Hall–Kier alpha value is -2.95. The summed E-state index contributed by atoms with van der Waals surface area (Å²) in [6.07, 6.45) is 2.20. The second-order valence-electron chi connectivity index (χ2n) is 6.21. The molecular weight excluding hydrogens is 317 g/mol. The molecule has 0 saturated heterocycles. The SMILES string of the molecule is O=C(Cc1ccccc1)N1CCn2ncc(-c3ccc(F)cc3)c2C1. The highest BCUT2D eigenvalue weighted by Crippen LogP contribution is 2.27. The van der Waals surface area contributed by atoms with Gasteiger partial charge in [-0.1, -0.05) is 42.5 Å². The summed E-state index contributed by atoms with van der Waals surface area (Å²) in [6.45, 7) is 1.86. The van der Waals surface area contributed by atoms with Gasteiger partial charge in [0, 0.05) is 12.1 Å². The molecular formula is C20H18FN3O. The van der Waals surface area contributed by atoms with Gasteiger partial charge in [0.1, 0.15) is 5.82 Å². The summed E-state index contributed by atoms with van der Waals surface area (Å²) >= 11 is 0. The van der Waals surface area contributed by atoms with Gasteiger partial charge >= 0.3 is 0 Å². The molecule has 0 spiro atoms. The summed E-state index contributed by atoms with van der Waals surface area (Å²) in [5, 5.41) is 4.42. The third-order valence-electron chi connectivity index (χ3n) is 4.58. The van der Waals surface area contributed by atoms with Crippen molar-refractivity contribution in [2.75, 3.05) is 6.54 Å². The Morgan fingerprint density at radius 3 is 2.56 bits per heavy atom. The fourth-order valence-electron chi connectivity index (χ4n) is 3.21. The van der Waals surface area contributed by atoms with E-state index in [0.717, 1.165) is 22.4 Å². The summed E-state index contributed by atoms with van der Waals surface area (Å²) in [5.74, 6) is -0.145. The predicted octanol–water partition coefficient (Wildman–Crippen LogP) is 3.27. The fraction of sp³-hybridized carbons (Fsp3) is 0.200. The topological polar surface area (TPSA) is 38.1 Å². The molecule has 0 unspecified atom stereocenters. The summed E-state index contributed by atoms with van der Waals surface area (Å²) in [5.41, 5.74) is 3.89. The summed E-state index contributed by atoms with van der Waals surface area (Å²) in [4.78, 5) is 14.5. The lowest BCUT2D eigenvalue weighted by Crippen LogP contribution is -2.39. The molecule has 0 aliphatic carbocycles. The second-order valence-corrected chi connectivity index (χ2v) is 6.21. The number of fused-ring (bicyclic) bond motifs is 1. The zero-order valence-electron chi connectivity index (χ0n) is 13.7. The summed E-state index contributed by atoms with van der Waals surface area (Å²) < 4.78 is 15.1. The number of hydrogen-bond donors (Lipinski definition) is 0. The quantitative estimate of drug-likeness (QED) is 0.737. The van der Waals surface area contributed by atoms with Crippen LogP contribution < -0.4 is 0 Å². The van der Waals surface area contributed by atoms with Gasteiger partial charge in [0.2, 0.25) is 5.91 Å². The van der Waals surface area contributed by atoms with E-state index in [1.54, 1.807) is 18.3 Å². The average Bonchev–Trinajstić information content (AvgIpc) is 3.06. The Labute approximate surface area is 145 Å². The highest BCUT2D eigenvalue weighted by atomic mass is 19.1. The van der Waals surface area contributed by atoms with Gasteiger partial charge in [-0.25, -0.2) is 4.39 Å². The number of amides is 1. The van der Waals surface area contributed by atoms with E-state index in [9.17, 15) is 9.18 Å². The van der Waals surface area contributed by atoms with Crippen LogP contribution in [-0.2, 0) is 24.3 Å². The predicted molar refractivity (Wildman–Crippen MR) is 93.2 cm³/mol. The normalized spacial score (nSPS) is 13.6. The van der Waals surface area contributed by atoms with Gasteiger partial charge in [-0.3, -0.25) is 9.48 Å². The Morgan fingerprint density at radius 1 is 1.04 bits per heavy atom. The van der Waals surface area contributed by atoms with Crippen LogP contribution in [0, 0.1) is 5.82 Å². The van der Waals surface area contributed by atoms with Crippen LogP contribution in [0.25, 0.3) is 11.1 Å². The molecule has 1 aliphatic rings. The lowest BCUT2D eigenvalue weighted by Gasteiger charge is -2.28. The van der Waals surface area contributed by atoms with Gasteiger partial charge in [-0.15, -0.1) is 0 Å². The number of benzene rings is 2. The monoisotopic (exact) mass is 335 g/mol. The number of hydrogen-bond acceptors (Lipinski definition) is 2. The smallest absolute Gasteiger partial charge is 0.227 e. The van der Waals surface area contributed by atoms with E-state index in [-0.39, 0.29) is 11.7 Å². The largest absolute Gasteiger partial charge is 0.335 e. The van der Waals surface area contributed by atoms with Crippen LogP contribution in [-0.4, -0.2) is 27.1 Å². The lowest BCUT2D eigenvalue weighted by molar-refractivity contribution is -0.131. The minimum atomic E-state index is -0.260. The number of nitrogens with zero attached hydrogens (tertiary/aromatic N) is 3. The van der Waals surface area contributed by atoms with Crippen molar-refractivity contribution in [3.8, 4) is 11.1 Å². The van der Waals surface area contributed by atoms with Crippen LogP contribution in [0.1, 0.15) is 11.3 Å². The minimum absolute atomic E-state index is 0.115. The maximum atomic E-state index is 13.2. The van der Waals surface area contributed by atoms with E-state index in [1.165, 1.54) is 12.1 Å². The Bertz CT molecular complexity index is 887. The lowest BCUT2D eigenvalue weighted by atomic mass is 10.0. The van der Waals surface area contributed by atoms with Crippen molar-refractivity contribution in [2.45, 2.75) is 19.5 Å². The van der Waals surface area contributed by atoms with E-state index in [1.807, 2.05) is 39.9 Å². The maximum absolute atomic E-state index is 13.2. The standard InChI is InChI=1S/C20H18FN3O/c21-17-8-6-16(7-9-17)18-13-22-24-11-10-23(14-19(18)24)20(25)12-15-4-2-1-3-5-15/h1-9,13H,10-12,14H2. The van der Waals surface area contributed by atoms with Crippen molar-refractivity contribution >= 4 is 5.91 Å². The molecule has 4 rings (SSSR count). The number of carbonyl (C=O) groups excluding carboxylic acids is 1. The first-order chi connectivity index (χ1) is 12.2. The maximum Gasteiger partial charge on any atom is 0.227 e. The number of aromatic nitrogens is 2. The van der Waals surface area contributed by atoms with Gasteiger partial charge in [0.15, 0.2) is 0 Å². The molecule has 0 fully saturated rings. The zero-order chi connectivity index (χ0) is 17.2. The zero-order valence-corrected chi connectivity index (χ0v) is 13.7. The molecule has 0 atom stereocenters. The first kappa shape index (κ1) is 15.6. The third-order valence-corrected chi connectivity index (χ3v) is 4.58. The van der Waals surface area contributed by atoms with E-state index < -0.39 is 0 Å². The van der Waals surface area contributed by atoms with Crippen molar-refractivity contribution in [2.24, 2.45) is 0 Å². The average molecular weight is 335 g/mol. The first-order valence-corrected chi connectivity index (χ1v) is 8.33. The Balaban J connectivity index is 1.55. The van der Waals surface area contributed by atoms with Crippen LogP contribution in [0.4, 0.5) is 4.39 Å². The highest BCUT2D eigenvalue weighted by molar-refractivity contribution is 5.79. The minimum Gasteiger partial charge on any atom is -0.335 e. The Kier molecular flexibility index (Phi) is 4.06.